The van der Waals surface area contributed by atoms with Gasteiger partial charge >= 0.3 is 0 Å². The van der Waals surface area contributed by atoms with Gasteiger partial charge in [-0.2, -0.15) is 0 Å². The van der Waals surface area contributed by atoms with Crippen molar-refractivity contribution in [1.29, 1.82) is 0 Å². The Morgan fingerprint density at radius 2 is 1.76 bits per heavy atom. The molecule has 0 unspecified atom stereocenters. The number of hydrogen-bond acceptors (Lipinski definition) is 4. The topological polar surface area (TPSA) is 41.4 Å². The third-order valence-corrected chi connectivity index (χ3v) is 8.72. The second-order valence-electron chi connectivity index (χ2n) is 10.2. The van der Waals surface area contributed by atoms with Gasteiger partial charge < -0.3 is 9.47 Å². The van der Waals surface area contributed by atoms with E-state index in [1.807, 2.05) is 29.2 Å². The predicted molar refractivity (Wildman–Crippen MR) is 151 cm³/mol. The second-order valence-corrected chi connectivity index (χ2v) is 11.4. The highest BCUT2D eigenvalue weighted by Gasteiger charge is 2.29. The van der Waals surface area contributed by atoms with Crippen molar-refractivity contribution in [3.05, 3.63) is 87.9 Å². The Balaban J connectivity index is 1.23. The first kappa shape index (κ1) is 24.4. The molecule has 1 aliphatic heterocycles. The van der Waals surface area contributed by atoms with Gasteiger partial charge in [-0.1, -0.05) is 60.1 Å². The zero-order chi connectivity index (χ0) is 25.4. The van der Waals surface area contributed by atoms with E-state index in [4.69, 9.17) is 16.6 Å². The van der Waals surface area contributed by atoms with Crippen LogP contribution in [0.1, 0.15) is 34.5 Å². The normalized spacial score (nSPS) is 16.3. The number of carbonyl (C=O) groups is 1. The summed E-state index contributed by atoms with van der Waals surface area (Å²) in [5.74, 6) is 0.824. The van der Waals surface area contributed by atoms with Crippen LogP contribution in [0.2, 0.25) is 5.02 Å². The molecule has 0 N–H and O–H groups in total. The summed E-state index contributed by atoms with van der Waals surface area (Å²) in [6.45, 7) is 7.25. The van der Waals surface area contributed by atoms with Gasteiger partial charge in [0.15, 0.2) is 0 Å². The number of carbonyl (C=O) groups excluding carboxylic acids is 1. The van der Waals surface area contributed by atoms with Gasteiger partial charge in [0.2, 0.25) is 0 Å². The molecular formula is C30H31ClN4OS. The van der Waals surface area contributed by atoms with Crippen LogP contribution in [0.5, 0.6) is 0 Å². The highest BCUT2D eigenvalue weighted by molar-refractivity contribution is 7.13. The summed E-state index contributed by atoms with van der Waals surface area (Å²) in [5.41, 5.74) is 6.06. The molecule has 2 aliphatic rings. The maximum atomic E-state index is 13.7. The van der Waals surface area contributed by atoms with Gasteiger partial charge in [0.05, 0.1) is 22.0 Å². The van der Waals surface area contributed by atoms with Gasteiger partial charge in [-0.05, 0) is 43.4 Å². The van der Waals surface area contributed by atoms with Crippen molar-refractivity contribution in [2.24, 2.45) is 5.92 Å². The van der Waals surface area contributed by atoms with Crippen molar-refractivity contribution < 1.29 is 4.79 Å². The van der Waals surface area contributed by atoms with Crippen molar-refractivity contribution in [2.75, 3.05) is 26.2 Å². The summed E-state index contributed by atoms with van der Waals surface area (Å²) in [5, 5.41) is 3.70. The molecule has 190 valence electrons. The lowest BCUT2D eigenvalue weighted by Crippen LogP contribution is -2.48. The van der Waals surface area contributed by atoms with Gasteiger partial charge in [0.1, 0.15) is 5.01 Å². The summed E-state index contributed by atoms with van der Waals surface area (Å²) >= 11 is 8.04. The SMILES string of the molecule is Cc1c(C(=O)N2CCN(Cc3ccccc3)CC2)cc(-c2csc(-c3ccccc3Cl)n2)n1CC1CC1. The van der Waals surface area contributed by atoms with Gasteiger partial charge in [-0.3, -0.25) is 9.69 Å². The summed E-state index contributed by atoms with van der Waals surface area (Å²) < 4.78 is 2.32. The largest absolute Gasteiger partial charge is 0.343 e. The molecule has 2 aromatic carbocycles. The highest BCUT2D eigenvalue weighted by Crippen LogP contribution is 2.37. The first-order valence-electron chi connectivity index (χ1n) is 13.0. The van der Waals surface area contributed by atoms with E-state index in [0.717, 1.165) is 72.5 Å². The lowest BCUT2D eigenvalue weighted by atomic mass is 10.1. The third kappa shape index (κ3) is 5.24. The van der Waals surface area contributed by atoms with Crippen molar-refractivity contribution in [3.63, 3.8) is 0 Å². The fourth-order valence-corrected chi connectivity index (χ4v) is 6.27. The number of nitrogens with zero attached hydrogens (tertiary/aromatic N) is 4. The van der Waals surface area contributed by atoms with Crippen molar-refractivity contribution in [2.45, 2.75) is 32.9 Å². The number of rotatable bonds is 7. The molecule has 37 heavy (non-hydrogen) atoms. The van der Waals surface area contributed by atoms with Crippen molar-refractivity contribution in [1.82, 2.24) is 19.4 Å². The summed E-state index contributed by atoms with van der Waals surface area (Å²) in [4.78, 5) is 23.1. The summed E-state index contributed by atoms with van der Waals surface area (Å²) in [6.07, 6.45) is 2.51. The van der Waals surface area contributed by atoms with E-state index in [1.54, 1.807) is 11.3 Å². The zero-order valence-corrected chi connectivity index (χ0v) is 22.6. The highest BCUT2D eigenvalue weighted by atomic mass is 35.5. The minimum atomic E-state index is 0.134. The number of piperazine rings is 1. The summed E-state index contributed by atoms with van der Waals surface area (Å²) in [7, 11) is 0. The number of benzene rings is 2. The molecule has 1 amide bonds. The van der Waals surface area contributed by atoms with Crippen LogP contribution in [-0.4, -0.2) is 51.4 Å². The van der Waals surface area contributed by atoms with Crippen molar-refractivity contribution >= 4 is 28.8 Å². The molecular weight excluding hydrogens is 500 g/mol. The van der Waals surface area contributed by atoms with Gasteiger partial charge in [-0.25, -0.2) is 4.98 Å². The van der Waals surface area contributed by atoms with Crippen molar-refractivity contribution in [3.8, 4) is 22.0 Å². The monoisotopic (exact) mass is 530 g/mol. The maximum Gasteiger partial charge on any atom is 0.255 e. The molecule has 1 aliphatic carbocycles. The molecule has 0 atom stereocenters. The number of amides is 1. The van der Waals surface area contributed by atoms with E-state index in [1.165, 1.54) is 18.4 Å². The van der Waals surface area contributed by atoms with Crippen LogP contribution in [0.3, 0.4) is 0 Å². The Labute approximate surface area is 227 Å². The Morgan fingerprint density at radius 1 is 1.03 bits per heavy atom. The molecule has 0 spiro atoms. The van der Waals surface area contributed by atoms with Gasteiger partial charge in [-0.15, -0.1) is 11.3 Å². The first-order valence-corrected chi connectivity index (χ1v) is 14.3. The molecule has 0 radical (unpaired) electrons. The Bertz CT molecular complexity index is 1400. The fourth-order valence-electron chi connectivity index (χ4n) is 5.14. The molecule has 0 bridgehead atoms. The Morgan fingerprint density at radius 3 is 2.49 bits per heavy atom. The predicted octanol–water partition coefficient (Wildman–Crippen LogP) is 6.61. The third-order valence-electron chi connectivity index (χ3n) is 7.51. The molecule has 4 aromatic rings. The number of halogens is 1. The first-order chi connectivity index (χ1) is 18.1. The van der Waals surface area contributed by atoms with E-state index in [9.17, 15) is 4.79 Å². The van der Waals surface area contributed by atoms with Gasteiger partial charge in [0, 0.05) is 55.9 Å². The van der Waals surface area contributed by atoms with Crippen LogP contribution in [0.15, 0.2) is 66.0 Å². The van der Waals surface area contributed by atoms with E-state index in [2.05, 4.69) is 58.2 Å². The number of thiazole rings is 1. The van der Waals surface area contributed by atoms with Crippen LogP contribution in [0, 0.1) is 12.8 Å². The summed E-state index contributed by atoms with van der Waals surface area (Å²) in [6, 6.07) is 20.4. The van der Waals surface area contributed by atoms with E-state index < -0.39 is 0 Å². The van der Waals surface area contributed by atoms with E-state index in [-0.39, 0.29) is 5.91 Å². The zero-order valence-electron chi connectivity index (χ0n) is 21.1. The molecule has 1 saturated carbocycles. The number of hydrogen-bond donors (Lipinski definition) is 0. The average Bonchev–Trinajstić information content (AvgIpc) is 3.51. The second kappa shape index (κ2) is 10.4. The Hall–Kier alpha value is -2.93. The molecule has 7 heteroatoms. The minimum absolute atomic E-state index is 0.134. The standard InChI is InChI=1S/C30H31ClN4OS/c1-21-25(30(36)34-15-13-33(14-16-34)18-22-7-3-2-4-8-22)17-28(35(21)19-23-11-12-23)27-20-37-29(32-27)24-9-5-6-10-26(24)31/h2-10,17,20,23H,11-16,18-19H2,1H3. The Kier molecular flexibility index (Phi) is 6.89. The molecule has 2 aromatic heterocycles. The average molecular weight is 531 g/mol. The maximum absolute atomic E-state index is 13.7. The van der Waals surface area contributed by atoms with Crippen LogP contribution >= 0.6 is 22.9 Å². The van der Waals surface area contributed by atoms with Crippen LogP contribution in [0.4, 0.5) is 0 Å². The van der Waals surface area contributed by atoms with E-state index in [0.29, 0.717) is 10.9 Å². The molecule has 5 nitrogen and oxygen atoms in total. The molecule has 1 saturated heterocycles. The fraction of sp³-hybridized carbons (Fsp3) is 0.333. The van der Waals surface area contributed by atoms with Crippen LogP contribution < -0.4 is 0 Å². The van der Waals surface area contributed by atoms with E-state index >= 15 is 0 Å². The minimum Gasteiger partial charge on any atom is -0.343 e. The number of aromatic nitrogens is 2. The quantitative estimate of drug-likeness (QED) is 0.270. The smallest absolute Gasteiger partial charge is 0.255 e. The van der Waals surface area contributed by atoms with Crippen LogP contribution in [-0.2, 0) is 13.1 Å². The lowest BCUT2D eigenvalue weighted by molar-refractivity contribution is 0.0627. The molecule has 2 fully saturated rings. The van der Waals surface area contributed by atoms with Gasteiger partial charge in [0.25, 0.3) is 5.91 Å². The molecule has 6 rings (SSSR count). The molecule has 3 heterocycles. The van der Waals surface area contributed by atoms with Crippen LogP contribution in [0.25, 0.3) is 22.0 Å². The lowest BCUT2D eigenvalue weighted by Gasteiger charge is -2.34.